The van der Waals surface area contributed by atoms with Crippen molar-refractivity contribution >= 4 is 0 Å². The standard InChI is InChI=1S/C13H17F6N3O/c1-11(23,13(17,18)19)7-22-4-2-3-8(6-22)10-20-5-9(21-10)12(14,15)16/h5,8,23H,2-4,6-7H2,1H3,(H,20,21)/t8-,11+/m1/s1. The number of rotatable bonds is 3. The highest BCUT2D eigenvalue weighted by molar-refractivity contribution is 5.10. The molecule has 0 radical (unpaired) electrons. The first kappa shape index (κ1) is 18.1. The second-order valence-corrected chi connectivity index (χ2v) is 6.03. The Kier molecular flexibility index (Phi) is 4.69. The van der Waals surface area contributed by atoms with Crippen LogP contribution >= 0.6 is 0 Å². The van der Waals surface area contributed by atoms with Crippen molar-refractivity contribution in [3.8, 4) is 0 Å². The van der Waals surface area contributed by atoms with Crippen LogP contribution in [0.2, 0.25) is 0 Å². The van der Waals surface area contributed by atoms with Gasteiger partial charge >= 0.3 is 12.4 Å². The fourth-order valence-electron chi connectivity index (χ4n) is 2.64. The Morgan fingerprint density at radius 3 is 2.48 bits per heavy atom. The molecule has 2 atom stereocenters. The van der Waals surface area contributed by atoms with Gasteiger partial charge < -0.3 is 10.1 Å². The summed E-state index contributed by atoms with van der Waals surface area (Å²) >= 11 is 0. The molecule has 1 saturated heterocycles. The van der Waals surface area contributed by atoms with Gasteiger partial charge in [-0.2, -0.15) is 26.3 Å². The lowest BCUT2D eigenvalue weighted by Gasteiger charge is -2.37. The molecule has 10 heteroatoms. The summed E-state index contributed by atoms with van der Waals surface area (Å²) in [7, 11) is 0. The Hall–Kier alpha value is -1.29. The molecule has 1 fully saturated rings. The van der Waals surface area contributed by atoms with Crippen LogP contribution in [0.15, 0.2) is 6.20 Å². The van der Waals surface area contributed by atoms with E-state index in [0.29, 0.717) is 32.5 Å². The maximum absolute atomic E-state index is 12.7. The number of nitrogens with zero attached hydrogens (tertiary/aromatic N) is 2. The third-order valence-corrected chi connectivity index (χ3v) is 3.94. The minimum Gasteiger partial charge on any atom is -0.380 e. The Bertz CT molecular complexity index is 537. The number of alkyl halides is 6. The largest absolute Gasteiger partial charge is 0.432 e. The molecule has 1 aliphatic heterocycles. The first-order valence-corrected chi connectivity index (χ1v) is 7.04. The molecule has 4 nitrogen and oxygen atoms in total. The van der Waals surface area contributed by atoms with E-state index in [0.717, 1.165) is 0 Å². The molecule has 0 aromatic carbocycles. The van der Waals surface area contributed by atoms with Crippen LogP contribution in [0.4, 0.5) is 26.3 Å². The molecule has 0 saturated carbocycles. The maximum atomic E-state index is 12.7. The van der Waals surface area contributed by atoms with Gasteiger partial charge in [0.2, 0.25) is 0 Å². The third-order valence-electron chi connectivity index (χ3n) is 3.94. The molecule has 2 heterocycles. The first-order chi connectivity index (χ1) is 10.4. The summed E-state index contributed by atoms with van der Waals surface area (Å²) in [4.78, 5) is 7.29. The van der Waals surface area contributed by atoms with E-state index in [1.54, 1.807) is 0 Å². The summed E-state index contributed by atoms with van der Waals surface area (Å²) in [6.45, 7) is 0.512. The maximum Gasteiger partial charge on any atom is 0.432 e. The Balaban J connectivity index is 2.05. The molecular weight excluding hydrogens is 328 g/mol. The number of aromatic amines is 1. The van der Waals surface area contributed by atoms with Crippen molar-refractivity contribution in [3.63, 3.8) is 0 Å². The molecule has 2 N–H and O–H groups in total. The Labute approximate surface area is 128 Å². The molecule has 132 valence electrons. The molecule has 1 aromatic rings. The van der Waals surface area contributed by atoms with Crippen LogP contribution in [0.5, 0.6) is 0 Å². The summed E-state index contributed by atoms with van der Waals surface area (Å²) in [6, 6.07) is 0. The zero-order chi connectivity index (χ0) is 17.5. The summed E-state index contributed by atoms with van der Waals surface area (Å²) in [6.07, 6.45) is -7.59. The number of hydrogen-bond donors (Lipinski definition) is 2. The molecule has 23 heavy (non-hydrogen) atoms. The van der Waals surface area contributed by atoms with Crippen molar-refractivity contribution in [3.05, 3.63) is 17.7 Å². The fraction of sp³-hybridized carbons (Fsp3) is 0.769. The zero-order valence-electron chi connectivity index (χ0n) is 12.3. The van der Waals surface area contributed by atoms with Crippen LogP contribution < -0.4 is 0 Å². The number of imidazole rings is 1. The summed E-state index contributed by atoms with van der Waals surface area (Å²) in [5.74, 6) is -0.322. The number of piperidine rings is 1. The SMILES string of the molecule is C[C@](O)(CN1CCC[C@@H](c2ncc(C(F)(F)F)[nH]2)C1)C(F)(F)F. The highest BCUT2D eigenvalue weighted by Gasteiger charge is 2.51. The number of β-amino-alcohol motifs (C(OH)–C–C–N with tert-alkyl or cyclic N) is 1. The molecule has 0 aliphatic carbocycles. The van der Waals surface area contributed by atoms with Gasteiger partial charge in [-0.1, -0.05) is 0 Å². The molecule has 0 bridgehead atoms. The van der Waals surface area contributed by atoms with Gasteiger partial charge in [0, 0.05) is 19.0 Å². The normalized spacial score (nSPS) is 23.7. The average Bonchev–Trinajstić information content (AvgIpc) is 2.86. The molecule has 1 aliphatic rings. The molecule has 0 unspecified atom stereocenters. The van der Waals surface area contributed by atoms with Gasteiger partial charge in [0.1, 0.15) is 11.5 Å². The van der Waals surface area contributed by atoms with Gasteiger partial charge in [-0.05, 0) is 26.3 Å². The Morgan fingerprint density at radius 1 is 1.30 bits per heavy atom. The first-order valence-electron chi connectivity index (χ1n) is 7.04. The minimum absolute atomic E-state index is 0.105. The van der Waals surface area contributed by atoms with Crippen molar-refractivity contribution in [1.29, 1.82) is 0 Å². The topological polar surface area (TPSA) is 52.1 Å². The molecular formula is C13H17F6N3O. The van der Waals surface area contributed by atoms with Crippen molar-refractivity contribution < 1.29 is 31.4 Å². The second-order valence-electron chi connectivity index (χ2n) is 6.03. The highest BCUT2D eigenvalue weighted by Crippen LogP contribution is 2.34. The summed E-state index contributed by atoms with van der Waals surface area (Å²) in [5, 5.41) is 9.53. The zero-order valence-corrected chi connectivity index (χ0v) is 12.3. The van der Waals surface area contributed by atoms with E-state index in [2.05, 4.69) is 9.97 Å². The van der Waals surface area contributed by atoms with E-state index in [1.165, 1.54) is 4.90 Å². The van der Waals surface area contributed by atoms with Crippen LogP contribution in [0.1, 0.15) is 37.2 Å². The number of aliphatic hydroxyl groups is 1. The van der Waals surface area contributed by atoms with Crippen molar-refractivity contribution in [1.82, 2.24) is 14.9 Å². The van der Waals surface area contributed by atoms with E-state index in [9.17, 15) is 31.4 Å². The van der Waals surface area contributed by atoms with Crippen LogP contribution in [0.3, 0.4) is 0 Å². The lowest BCUT2D eigenvalue weighted by molar-refractivity contribution is -0.258. The van der Waals surface area contributed by atoms with Crippen LogP contribution in [-0.4, -0.2) is 51.4 Å². The van der Waals surface area contributed by atoms with Gasteiger partial charge in [-0.3, -0.25) is 4.90 Å². The van der Waals surface area contributed by atoms with Gasteiger partial charge in [0.05, 0.1) is 6.20 Å². The van der Waals surface area contributed by atoms with Crippen molar-refractivity contribution in [2.45, 2.75) is 43.6 Å². The van der Waals surface area contributed by atoms with E-state index in [-0.39, 0.29) is 12.4 Å². The van der Waals surface area contributed by atoms with Crippen LogP contribution in [0.25, 0.3) is 0 Å². The van der Waals surface area contributed by atoms with Gasteiger partial charge in [0.15, 0.2) is 5.60 Å². The number of aromatic nitrogens is 2. The van der Waals surface area contributed by atoms with Gasteiger partial charge in [0.25, 0.3) is 0 Å². The van der Waals surface area contributed by atoms with Crippen LogP contribution in [-0.2, 0) is 6.18 Å². The lowest BCUT2D eigenvalue weighted by Crippen LogP contribution is -2.53. The van der Waals surface area contributed by atoms with Crippen LogP contribution in [0, 0.1) is 0 Å². The lowest BCUT2D eigenvalue weighted by atomic mass is 9.95. The van der Waals surface area contributed by atoms with E-state index < -0.39 is 36.1 Å². The third kappa shape index (κ3) is 4.17. The fourth-order valence-corrected chi connectivity index (χ4v) is 2.64. The number of halogens is 6. The van der Waals surface area contributed by atoms with E-state index >= 15 is 0 Å². The predicted molar refractivity (Wildman–Crippen MR) is 68.7 cm³/mol. The van der Waals surface area contributed by atoms with Crippen molar-refractivity contribution in [2.75, 3.05) is 19.6 Å². The molecule has 0 amide bonds. The molecule has 1 aromatic heterocycles. The quantitative estimate of drug-likeness (QED) is 0.829. The monoisotopic (exact) mass is 345 g/mol. The predicted octanol–water partition coefficient (Wildman–Crippen LogP) is 2.92. The van der Waals surface area contributed by atoms with E-state index in [1.807, 2.05) is 0 Å². The second kappa shape index (κ2) is 5.97. The number of H-pyrrole nitrogens is 1. The smallest absolute Gasteiger partial charge is 0.380 e. The summed E-state index contributed by atoms with van der Waals surface area (Å²) < 4.78 is 75.8. The van der Waals surface area contributed by atoms with Gasteiger partial charge in [-0.25, -0.2) is 4.98 Å². The van der Waals surface area contributed by atoms with E-state index in [4.69, 9.17) is 0 Å². The molecule has 0 spiro atoms. The highest BCUT2D eigenvalue weighted by atomic mass is 19.4. The average molecular weight is 345 g/mol. The molecule has 2 rings (SSSR count). The summed E-state index contributed by atoms with van der Waals surface area (Å²) in [5.41, 5.74) is -3.85. The minimum atomic E-state index is -4.77. The number of likely N-dealkylation sites (tertiary alicyclic amines) is 1. The Morgan fingerprint density at radius 2 is 1.96 bits per heavy atom. The number of hydrogen-bond acceptors (Lipinski definition) is 3. The number of nitrogens with one attached hydrogen (secondary N) is 1. The van der Waals surface area contributed by atoms with Crippen molar-refractivity contribution in [2.24, 2.45) is 0 Å². The van der Waals surface area contributed by atoms with Gasteiger partial charge in [-0.15, -0.1) is 0 Å².